The van der Waals surface area contributed by atoms with Crippen molar-refractivity contribution in [2.24, 2.45) is 10.9 Å². The molecule has 0 bridgehead atoms. The molecule has 0 aliphatic carbocycles. The number of piperidine rings is 1. The predicted molar refractivity (Wildman–Crippen MR) is 101 cm³/mol. The summed E-state index contributed by atoms with van der Waals surface area (Å²) in [5.74, 6) is 1.50. The number of halogens is 2. The molecule has 0 unspecified atom stereocenters. The first kappa shape index (κ1) is 20.4. The van der Waals surface area contributed by atoms with Gasteiger partial charge in [0.25, 0.3) is 0 Å². The van der Waals surface area contributed by atoms with Gasteiger partial charge in [0.05, 0.1) is 0 Å². The fourth-order valence-corrected chi connectivity index (χ4v) is 3.23. The van der Waals surface area contributed by atoms with Gasteiger partial charge in [-0.3, -0.25) is 4.99 Å². The highest BCUT2D eigenvalue weighted by Crippen LogP contribution is 2.20. The number of hydrogen-bond acceptors (Lipinski definition) is 3. The molecule has 1 heterocycles. The first-order valence-electron chi connectivity index (χ1n) is 9.32. The van der Waals surface area contributed by atoms with E-state index in [0.29, 0.717) is 24.0 Å². The van der Waals surface area contributed by atoms with Crippen molar-refractivity contribution >= 4 is 5.96 Å². The zero-order valence-electron chi connectivity index (χ0n) is 15.7. The summed E-state index contributed by atoms with van der Waals surface area (Å²) in [6.07, 6.45) is 3.58. The van der Waals surface area contributed by atoms with E-state index in [9.17, 15) is 8.78 Å². The summed E-state index contributed by atoms with van der Waals surface area (Å²) in [5.41, 5.74) is 0.670. The van der Waals surface area contributed by atoms with Crippen molar-refractivity contribution in [2.75, 3.05) is 33.2 Å². The molecule has 0 aromatic heterocycles. The van der Waals surface area contributed by atoms with Gasteiger partial charge < -0.3 is 20.3 Å². The highest BCUT2D eigenvalue weighted by atomic mass is 19.3. The SMILES string of the molecule is CCCN1CCC(CNC(=NC)NCc2ccccc2OC(F)F)CC1. The third-order valence-electron chi connectivity index (χ3n) is 4.66. The third kappa shape index (κ3) is 6.78. The fraction of sp³-hybridized carbons (Fsp3) is 0.632. The molecule has 1 aromatic carbocycles. The Kier molecular flexibility index (Phi) is 8.61. The molecule has 26 heavy (non-hydrogen) atoms. The number of ether oxygens (including phenoxy) is 1. The van der Waals surface area contributed by atoms with E-state index in [4.69, 9.17) is 0 Å². The molecule has 1 aliphatic rings. The van der Waals surface area contributed by atoms with Crippen LogP contribution < -0.4 is 15.4 Å². The minimum absolute atomic E-state index is 0.189. The van der Waals surface area contributed by atoms with Crippen LogP contribution >= 0.6 is 0 Å². The lowest BCUT2D eigenvalue weighted by atomic mass is 9.97. The number of para-hydroxylation sites is 1. The summed E-state index contributed by atoms with van der Waals surface area (Å²) in [7, 11) is 1.71. The van der Waals surface area contributed by atoms with Crippen molar-refractivity contribution < 1.29 is 13.5 Å². The molecule has 0 radical (unpaired) electrons. The number of benzene rings is 1. The Morgan fingerprint density at radius 3 is 2.65 bits per heavy atom. The van der Waals surface area contributed by atoms with Gasteiger partial charge in [-0.2, -0.15) is 8.78 Å². The van der Waals surface area contributed by atoms with Crippen LogP contribution in [0.1, 0.15) is 31.7 Å². The number of alkyl halides is 2. The van der Waals surface area contributed by atoms with E-state index in [-0.39, 0.29) is 5.75 Å². The monoisotopic (exact) mass is 368 g/mol. The topological polar surface area (TPSA) is 48.9 Å². The van der Waals surface area contributed by atoms with Gasteiger partial charge in [-0.15, -0.1) is 0 Å². The Balaban J connectivity index is 1.77. The van der Waals surface area contributed by atoms with Crippen molar-refractivity contribution in [3.05, 3.63) is 29.8 Å². The molecule has 1 saturated heterocycles. The number of aliphatic imine (C=N–C) groups is 1. The first-order chi connectivity index (χ1) is 12.6. The van der Waals surface area contributed by atoms with Gasteiger partial charge in [-0.05, 0) is 50.9 Å². The van der Waals surface area contributed by atoms with Gasteiger partial charge in [-0.25, -0.2) is 0 Å². The number of guanidine groups is 1. The number of rotatable bonds is 8. The molecule has 0 atom stereocenters. The normalized spacial score (nSPS) is 16.7. The van der Waals surface area contributed by atoms with Crippen LogP contribution in [0, 0.1) is 5.92 Å². The van der Waals surface area contributed by atoms with E-state index in [0.717, 1.165) is 19.6 Å². The molecule has 0 spiro atoms. The Bertz CT molecular complexity index is 560. The summed E-state index contributed by atoms with van der Waals surface area (Å²) < 4.78 is 29.5. The van der Waals surface area contributed by atoms with E-state index in [1.54, 1.807) is 31.3 Å². The molecule has 1 aliphatic heterocycles. The van der Waals surface area contributed by atoms with E-state index in [1.807, 2.05) is 0 Å². The van der Waals surface area contributed by atoms with E-state index < -0.39 is 6.61 Å². The van der Waals surface area contributed by atoms with E-state index >= 15 is 0 Å². The number of likely N-dealkylation sites (tertiary alicyclic amines) is 1. The minimum Gasteiger partial charge on any atom is -0.434 e. The quantitative estimate of drug-likeness (QED) is 0.547. The molecule has 7 heteroatoms. The maximum absolute atomic E-state index is 12.5. The van der Waals surface area contributed by atoms with Crippen molar-refractivity contribution in [3.8, 4) is 5.75 Å². The van der Waals surface area contributed by atoms with Crippen molar-refractivity contribution in [1.29, 1.82) is 0 Å². The van der Waals surface area contributed by atoms with Crippen molar-refractivity contribution in [2.45, 2.75) is 39.3 Å². The average Bonchev–Trinajstić information content (AvgIpc) is 2.64. The van der Waals surface area contributed by atoms with Gasteiger partial charge in [0.15, 0.2) is 5.96 Å². The summed E-state index contributed by atoms with van der Waals surface area (Å²) in [6.45, 7) is 4.13. The molecular weight excluding hydrogens is 338 g/mol. The van der Waals surface area contributed by atoms with Gasteiger partial charge in [0, 0.05) is 25.7 Å². The number of hydrogen-bond donors (Lipinski definition) is 2. The lowest BCUT2D eigenvalue weighted by Crippen LogP contribution is -2.42. The summed E-state index contributed by atoms with van der Waals surface area (Å²) in [5, 5.41) is 6.52. The molecule has 1 fully saturated rings. The maximum atomic E-state index is 12.5. The second-order valence-electron chi connectivity index (χ2n) is 6.58. The van der Waals surface area contributed by atoms with E-state index in [2.05, 4.69) is 32.2 Å². The lowest BCUT2D eigenvalue weighted by molar-refractivity contribution is -0.0504. The van der Waals surface area contributed by atoms with E-state index in [1.165, 1.54) is 25.8 Å². The maximum Gasteiger partial charge on any atom is 0.387 e. The molecule has 2 N–H and O–H groups in total. The first-order valence-corrected chi connectivity index (χ1v) is 9.32. The van der Waals surface area contributed by atoms with Gasteiger partial charge in [0.1, 0.15) is 5.75 Å². The number of nitrogens with zero attached hydrogens (tertiary/aromatic N) is 2. The van der Waals surface area contributed by atoms with Crippen molar-refractivity contribution in [1.82, 2.24) is 15.5 Å². The minimum atomic E-state index is -2.83. The smallest absolute Gasteiger partial charge is 0.387 e. The molecule has 5 nitrogen and oxygen atoms in total. The van der Waals surface area contributed by atoms with Gasteiger partial charge >= 0.3 is 6.61 Å². The molecule has 0 amide bonds. The second-order valence-corrected chi connectivity index (χ2v) is 6.58. The largest absolute Gasteiger partial charge is 0.434 e. The molecule has 1 aromatic rings. The second kappa shape index (κ2) is 11.0. The number of nitrogens with one attached hydrogen (secondary N) is 2. The zero-order valence-corrected chi connectivity index (χ0v) is 15.7. The van der Waals surface area contributed by atoms with Crippen LogP contribution in [0.25, 0.3) is 0 Å². The predicted octanol–water partition coefficient (Wildman–Crippen LogP) is 3.08. The van der Waals surface area contributed by atoms with Gasteiger partial charge in [0.2, 0.25) is 0 Å². The standard InChI is InChI=1S/C19H30F2N4O/c1-3-10-25-11-8-15(9-12-25)13-23-19(22-2)24-14-16-6-4-5-7-17(16)26-18(20)21/h4-7,15,18H,3,8-14H2,1-2H3,(H2,22,23,24). The van der Waals surface area contributed by atoms with Gasteiger partial charge in [-0.1, -0.05) is 25.1 Å². The van der Waals surface area contributed by atoms with Crippen LogP contribution in [-0.2, 0) is 6.54 Å². The summed E-state index contributed by atoms with van der Waals surface area (Å²) in [6, 6.07) is 6.79. The van der Waals surface area contributed by atoms with Crippen molar-refractivity contribution in [3.63, 3.8) is 0 Å². The Hall–Kier alpha value is -1.89. The molecule has 2 rings (SSSR count). The summed E-state index contributed by atoms with van der Waals surface area (Å²) >= 11 is 0. The highest BCUT2D eigenvalue weighted by Gasteiger charge is 2.18. The molecule has 0 saturated carbocycles. The lowest BCUT2D eigenvalue weighted by Gasteiger charge is -2.32. The fourth-order valence-electron chi connectivity index (χ4n) is 3.23. The third-order valence-corrected chi connectivity index (χ3v) is 4.66. The Labute approximate surface area is 154 Å². The Morgan fingerprint density at radius 1 is 1.27 bits per heavy atom. The summed E-state index contributed by atoms with van der Waals surface area (Å²) in [4.78, 5) is 6.73. The van der Waals surface area contributed by atoms with Crippen LogP contribution in [0.4, 0.5) is 8.78 Å². The van der Waals surface area contributed by atoms with Crippen LogP contribution in [0.5, 0.6) is 5.75 Å². The molecular formula is C19H30F2N4O. The van der Waals surface area contributed by atoms with Crippen LogP contribution in [-0.4, -0.2) is 50.7 Å². The Morgan fingerprint density at radius 2 is 2.00 bits per heavy atom. The van der Waals surface area contributed by atoms with Crippen LogP contribution in [0.3, 0.4) is 0 Å². The van der Waals surface area contributed by atoms with Crippen LogP contribution in [0.15, 0.2) is 29.3 Å². The van der Waals surface area contributed by atoms with Crippen LogP contribution in [0.2, 0.25) is 0 Å². The highest BCUT2D eigenvalue weighted by molar-refractivity contribution is 5.79. The zero-order chi connectivity index (χ0) is 18.8. The molecule has 146 valence electrons. The average molecular weight is 368 g/mol.